The monoisotopic (exact) mass is 262 g/mol. The second-order valence-corrected chi connectivity index (χ2v) is 5.64. The predicted molar refractivity (Wildman–Crippen MR) is 73.3 cm³/mol. The molecule has 1 rings (SSSR count). The SMILES string of the molecule is CC(C)(C)C[C@@H]([C]=O)NC(=O)OCc1ccccc1. The first-order valence-corrected chi connectivity index (χ1v) is 6.25. The largest absolute Gasteiger partial charge is 0.445 e. The zero-order chi connectivity index (χ0) is 14.3. The zero-order valence-corrected chi connectivity index (χ0v) is 11.6. The van der Waals surface area contributed by atoms with Gasteiger partial charge in [-0.25, -0.2) is 4.79 Å². The highest BCUT2D eigenvalue weighted by molar-refractivity contribution is 5.73. The van der Waals surface area contributed by atoms with E-state index in [-0.39, 0.29) is 12.0 Å². The van der Waals surface area contributed by atoms with E-state index < -0.39 is 12.1 Å². The average Bonchev–Trinajstić information content (AvgIpc) is 2.35. The Balaban J connectivity index is 2.39. The zero-order valence-electron chi connectivity index (χ0n) is 11.6. The molecule has 4 nitrogen and oxygen atoms in total. The van der Waals surface area contributed by atoms with Crippen molar-refractivity contribution in [3.63, 3.8) is 0 Å². The summed E-state index contributed by atoms with van der Waals surface area (Å²) in [6.07, 6.45) is 1.75. The predicted octanol–water partition coefficient (Wildman–Crippen LogP) is 2.83. The van der Waals surface area contributed by atoms with Crippen molar-refractivity contribution in [2.75, 3.05) is 0 Å². The molecule has 0 spiro atoms. The Kier molecular flexibility index (Phi) is 5.55. The number of hydrogen-bond acceptors (Lipinski definition) is 3. The Labute approximate surface area is 114 Å². The number of carbonyl (C=O) groups is 1. The molecule has 1 aromatic rings. The van der Waals surface area contributed by atoms with E-state index in [1.165, 1.54) is 0 Å². The van der Waals surface area contributed by atoms with Crippen molar-refractivity contribution >= 4 is 12.4 Å². The molecule has 1 atom stereocenters. The Bertz CT molecular complexity index is 409. The highest BCUT2D eigenvalue weighted by Crippen LogP contribution is 2.20. The number of hydrogen-bond donors (Lipinski definition) is 1. The van der Waals surface area contributed by atoms with Gasteiger partial charge in [-0.05, 0) is 17.4 Å². The lowest BCUT2D eigenvalue weighted by atomic mass is 9.88. The lowest BCUT2D eigenvalue weighted by molar-refractivity contribution is 0.136. The van der Waals surface area contributed by atoms with Crippen LogP contribution < -0.4 is 5.32 Å². The summed E-state index contributed by atoms with van der Waals surface area (Å²) in [5.41, 5.74) is 0.842. The van der Waals surface area contributed by atoms with Crippen LogP contribution >= 0.6 is 0 Å². The Morgan fingerprint density at radius 2 is 1.95 bits per heavy atom. The molecular formula is C15H20NO3. The van der Waals surface area contributed by atoms with E-state index in [2.05, 4.69) is 5.32 Å². The average molecular weight is 262 g/mol. The maximum absolute atomic E-state index is 11.6. The molecule has 0 heterocycles. The van der Waals surface area contributed by atoms with Gasteiger partial charge in [0.05, 0.1) is 6.04 Å². The molecule has 19 heavy (non-hydrogen) atoms. The smallest absolute Gasteiger partial charge is 0.408 e. The summed E-state index contributed by atoms with van der Waals surface area (Å²) in [5, 5.41) is 2.51. The second-order valence-electron chi connectivity index (χ2n) is 5.64. The number of ether oxygens (including phenoxy) is 1. The van der Waals surface area contributed by atoms with Gasteiger partial charge in [0, 0.05) is 0 Å². The number of rotatable bonds is 5. The molecule has 0 bridgehead atoms. The Hall–Kier alpha value is -1.84. The van der Waals surface area contributed by atoms with Crippen molar-refractivity contribution in [3.8, 4) is 0 Å². The number of carbonyl (C=O) groups excluding carboxylic acids is 2. The van der Waals surface area contributed by atoms with E-state index in [9.17, 15) is 9.59 Å². The molecule has 0 unspecified atom stereocenters. The van der Waals surface area contributed by atoms with E-state index >= 15 is 0 Å². The van der Waals surface area contributed by atoms with Gasteiger partial charge in [0.2, 0.25) is 6.29 Å². The van der Waals surface area contributed by atoms with E-state index in [0.717, 1.165) is 5.56 Å². The maximum Gasteiger partial charge on any atom is 0.408 e. The molecule has 1 aromatic carbocycles. The molecule has 0 aliphatic carbocycles. The molecule has 0 fully saturated rings. The van der Waals surface area contributed by atoms with Gasteiger partial charge in [0.25, 0.3) is 0 Å². The second kappa shape index (κ2) is 6.92. The standard InChI is InChI=1S/C15H20NO3/c1-15(2,3)9-13(10-17)16-14(18)19-11-12-7-5-4-6-8-12/h4-8,13H,9,11H2,1-3H3,(H,16,18)/t13-/m0/s1. The minimum absolute atomic E-state index is 0.0607. The van der Waals surface area contributed by atoms with Crippen molar-refractivity contribution in [3.05, 3.63) is 35.9 Å². The molecule has 1 radical (unpaired) electrons. The normalized spacial score (nSPS) is 12.6. The lowest BCUT2D eigenvalue weighted by Crippen LogP contribution is -2.38. The summed E-state index contributed by atoms with van der Waals surface area (Å²) in [4.78, 5) is 22.4. The van der Waals surface area contributed by atoms with Gasteiger partial charge in [-0.2, -0.15) is 0 Å². The highest BCUT2D eigenvalue weighted by atomic mass is 16.5. The van der Waals surface area contributed by atoms with Gasteiger partial charge >= 0.3 is 6.09 Å². The molecule has 0 aliphatic rings. The van der Waals surface area contributed by atoms with Crippen LogP contribution in [0.15, 0.2) is 30.3 Å². The fourth-order valence-electron chi connectivity index (χ4n) is 1.64. The first-order valence-electron chi connectivity index (χ1n) is 6.25. The fraction of sp³-hybridized carbons (Fsp3) is 0.467. The number of benzene rings is 1. The van der Waals surface area contributed by atoms with Crippen LogP contribution in [0.2, 0.25) is 0 Å². The number of nitrogens with one attached hydrogen (secondary N) is 1. The van der Waals surface area contributed by atoms with Crippen molar-refractivity contribution < 1.29 is 14.3 Å². The van der Waals surface area contributed by atoms with Gasteiger partial charge in [-0.1, -0.05) is 51.1 Å². The topological polar surface area (TPSA) is 55.4 Å². The van der Waals surface area contributed by atoms with Gasteiger partial charge < -0.3 is 10.1 Å². The lowest BCUT2D eigenvalue weighted by Gasteiger charge is -2.22. The van der Waals surface area contributed by atoms with Crippen molar-refractivity contribution in [1.82, 2.24) is 5.32 Å². The summed E-state index contributed by atoms with van der Waals surface area (Å²) in [6, 6.07) is 8.74. The fourth-order valence-corrected chi connectivity index (χ4v) is 1.64. The Morgan fingerprint density at radius 3 is 2.47 bits per heavy atom. The van der Waals surface area contributed by atoms with Gasteiger partial charge in [-0.15, -0.1) is 0 Å². The summed E-state index contributed by atoms with van der Waals surface area (Å²) >= 11 is 0. The maximum atomic E-state index is 11.6. The van der Waals surface area contributed by atoms with Gasteiger partial charge in [0.1, 0.15) is 6.61 Å². The molecule has 0 aromatic heterocycles. The molecular weight excluding hydrogens is 242 g/mol. The Morgan fingerprint density at radius 1 is 1.32 bits per heavy atom. The first kappa shape index (κ1) is 15.2. The van der Waals surface area contributed by atoms with E-state index in [1.54, 1.807) is 0 Å². The van der Waals surface area contributed by atoms with Crippen LogP contribution in [0.4, 0.5) is 4.79 Å². The van der Waals surface area contributed by atoms with Crippen LogP contribution in [0.1, 0.15) is 32.8 Å². The van der Waals surface area contributed by atoms with Crippen LogP contribution in [-0.4, -0.2) is 18.4 Å². The summed E-state index contributed by atoms with van der Waals surface area (Å²) in [6.45, 7) is 6.17. The minimum atomic E-state index is -0.636. The van der Waals surface area contributed by atoms with E-state index in [4.69, 9.17) is 4.74 Å². The molecule has 0 saturated heterocycles. The molecule has 1 amide bonds. The van der Waals surface area contributed by atoms with Crippen LogP contribution in [0.3, 0.4) is 0 Å². The molecule has 103 valence electrons. The molecule has 0 aliphatic heterocycles. The quantitative estimate of drug-likeness (QED) is 0.887. The summed E-state index contributed by atoms with van der Waals surface area (Å²) < 4.78 is 5.05. The third-order valence-electron chi connectivity index (χ3n) is 2.46. The van der Waals surface area contributed by atoms with Crippen LogP contribution in [0.5, 0.6) is 0 Å². The third-order valence-corrected chi connectivity index (χ3v) is 2.46. The van der Waals surface area contributed by atoms with Crippen molar-refractivity contribution in [2.24, 2.45) is 5.41 Å². The van der Waals surface area contributed by atoms with Crippen molar-refractivity contribution in [1.29, 1.82) is 0 Å². The van der Waals surface area contributed by atoms with E-state index in [1.807, 2.05) is 57.4 Å². The highest BCUT2D eigenvalue weighted by Gasteiger charge is 2.21. The molecule has 0 saturated carbocycles. The van der Waals surface area contributed by atoms with E-state index in [0.29, 0.717) is 6.42 Å². The number of alkyl carbamates (subject to hydrolysis) is 1. The molecule has 4 heteroatoms. The summed E-state index contributed by atoms with van der Waals surface area (Å²) in [7, 11) is 0. The van der Waals surface area contributed by atoms with Gasteiger partial charge in [-0.3, -0.25) is 4.79 Å². The van der Waals surface area contributed by atoms with Crippen molar-refractivity contribution in [2.45, 2.75) is 39.8 Å². The molecule has 1 N–H and O–H groups in total. The van der Waals surface area contributed by atoms with Gasteiger partial charge in [0.15, 0.2) is 0 Å². The van der Waals surface area contributed by atoms with Crippen LogP contribution in [0, 0.1) is 5.41 Å². The summed E-state index contributed by atoms with van der Waals surface area (Å²) in [5.74, 6) is 0. The number of amides is 1. The van der Waals surface area contributed by atoms with Crippen LogP contribution in [-0.2, 0) is 16.1 Å². The minimum Gasteiger partial charge on any atom is -0.445 e. The first-order chi connectivity index (χ1) is 8.90. The van der Waals surface area contributed by atoms with Crippen LogP contribution in [0.25, 0.3) is 0 Å². The third kappa shape index (κ3) is 6.60.